The van der Waals surface area contributed by atoms with Crippen molar-refractivity contribution in [3.05, 3.63) is 42.0 Å². The molecular formula is C24H26F3N3O3. The van der Waals surface area contributed by atoms with E-state index in [-0.39, 0.29) is 23.6 Å². The topological polar surface area (TPSA) is 64.5 Å². The lowest BCUT2D eigenvalue weighted by atomic mass is 9.94. The number of hydrogen-bond acceptors (Lipinski definition) is 6. The van der Waals surface area contributed by atoms with Crippen LogP contribution in [0.4, 0.5) is 19.0 Å². The van der Waals surface area contributed by atoms with Crippen LogP contribution < -0.4 is 14.4 Å². The molecule has 0 saturated carbocycles. The van der Waals surface area contributed by atoms with Gasteiger partial charge in [0.25, 0.3) is 11.8 Å². The van der Waals surface area contributed by atoms with Gasteiger partial charge in [-0.3, -0.25) is 4.79 Å². The van der Waals surface area contributed by atoms with Crippen LogP contribution in [0, 0.1) is 18.2 Å². The van der Waals surface area contributed by atoms with Gasteiger partial charge in [-0.1, -0.05) is 19.1 Å². The molecule has 1 aliphatic rings. The Kier molecular flexibility index (Phi) is 7.79. The van der Waals surface area contributed by atoms with Gasteiger partial charge in [-0.05, 0) is 17.7 Å². The molecule has 1 saturated heterocycles. The monoisotopic (exact) mass is 461 g/mol. The molecule has 6 nitrogen and oxygen atoms in total. The Hall–Kier alpha value is -3.28. The van der Waals surface area contributed by atoms with Crippen molar-refractivity contribution in [3.8, 4) is 24.0 Å². The summed E-state index contributed by atoms with van der Waals surface area (Å²) < 4.78 is 51.6. The van der Waals surface area contributed by atoms with Gasteiger partial charge in [0.05, 0.1) is 6.54 Å². The highest BCUT2D eigenvalue weighted by Gasteiger charge is 2.30. The molecule has 1 aromatic carbocycles. The van der Waals surface area contributed by atoms with E-state index < -0.39 is 24.2 Å². The molecule has 1 fully saturated rings. The van der Waals surface area contributed by atoms with Gasteiger partial charge in [-0.25, -0.2) is 13.8 Å². The zero-order valence-corrected chi connectivity index (χ0v) is 18.6. The zero-order valence-electron chi connectivity index (χ0n) is 18.6. The maximum absolute atomic E-state index is 14.7. The van der Waals surface area contributed by atoms with Crippen LogP contribution in [0.15, 0.2) is 30.6 Å². The maximum atomic E-state index is 14.7. The van der Waals surface area contributed by atoms with E-state index >= 15 is 0 Å². The number of halogens is 3. The van der Waals surface area contributed by atoms with E-state index in [1.54, 1.807) is 17.0 Å². The summed E-state index contributed by atoms with van der Waals surface area (Å²) in [6, 6.07) is 7.28. The minimum Gasteiger partial charge on any atom is -0.489 e. The number of nitrogens with zero attached hydrogens (tertiary/aromatic N) is 3. The summed E-state index contributed by atoms with van der Waals surface area (Å²) >= 11 is 0. The third-order valence-electron chi connectivity index (χ3n) is 5.33. The van der Waals surface area contributed by atoms with Gasteiger partial charge in [0, 0.05) is 38.6 Å². The molecule has 9 heteroatoms. The van der Waals surface area contributed by atoms with Crippen LogP contribution in [0.5, 0.6) is 11.6 Å². The number of carbonyl (C=O) groups is 1. The lowest BCUT2D eigenvalue weighted by Gasteiger charge is -2.20. The smallest absolute Gasteiger partial charge is 0.278 e. The number of anilines is 1. The fourth-order valence-corrected chi connectivity index (χ4v) is 3.50. The lowest BCUT2D eigenvalue weighted by molar-refractivity contribution is -0.120. The highest BCUT2D eigenvalue weighted by Crippen LogP contribution is 2.29. The molecule has 33 heavy (non-hydrogen) atoms. The minimum absolute atomic E-state index is 0.0137. The van der Waals surface area contributed by atoms with E-state index in [4.69, 9.17) is 15.9 Å². The highest BCUT2D eigenvalue weighted by atomic mass is 19.3. The van der Waals surface area contributed by atoms with Gasteiger partial charge in [0.15, 0.2) is 12.4 Å². The molecule has 0 aliphatic carbocycles. The second-order valence-electron chi connectivity index (χ2n) is 8.11. The van der Waals surface area contributed by atoms with Crippen LogP contribution >= 0.6 is 0 Å². The van der Waals surface area contributed by atoms with E-state index in [1.165, 1.54) is 0 Å². The average Bonchev–Trinajstić information content (AvgIpc) is 3.24. The zero-order chi connectivity index (χ0) is 24.0. The Morgan fingerprint density at radius 1 is 1.33 bits per heavy atom. The molecule has 0 N–H and O–H groups in total. The first-order valence-corrected chi connectivity index (χ1v) is 10.7. The van der Waals surface area contributed by atoms with Crippen molar-refractivity contribution < 1.29 is 27.4 Å². The normalized spacial score (nSPS) is 16.8. The molecule has 1 aromatic heterocycles. The second kappa shape index (κ2) is 10.6. The number of rotatable bonds is 10. The van der Waals surface area contributed by atoms with Crippen LogP contribution in [0.1, 0.15) is 44.6 Å². The molecular weight excluding hydrogens is 435 g/mol. The van der Waals surface area contributed by atoms with Crippen molar-refractivity contribution >= 4 is 11.6 Å². The predicted molar refractivity (Wildman–Crippen MR) is 117 cm³/mol. The fourth-order valence-electron chi connectivity index (χ4n) is 3.50. The van der Waals surface area contributed by atoms with E-state index in [0.29, 0.717) is 45.0 Å². The van der Waals surface area contributed by atoms with Crippen molar-refractivity contribution in [2.24, 2.45) is 0 Å². The first-order chi connectivity index (χ1) is 15.7. The van der Waals surface area contributed by atoms with Crippen LogP contribution in [0.25, 0.3) is 0 Å². The van der Waals surface area contributed by atoms with Crippen LogP contribution in [-0.4, -0.2) is 47.5 Å². The van der Waals surface area contributed by atoms with Gasteiger partial charge >= 0.3 is 0 Å². The summed E-state index contributed by atoms with van der Waals surface area (Å²) in [6.07, 6.45) is 7.48. The van der Waals surface area contributed by atoms with Crippen LogP contribution in [-0.2, 0) is 4.79 Å². The van der Waals surface area contributed by atoms with E-state index in [2.05, 4.69) is 15.9 Å². The Morgan fingerprint density at radius 3 is 2.73 bits per heavy atom. The van der Waals surface area contributed by atoms with Crippen molar-refractivity contribution in [1.82, 2.24) is 9.97 Å². The van der Waals surface area contributed by atoms with Gasteiger partial charge in [-0.15, -0.1) is 12.3 Å². The number of aromatic nitrogens is 2. The van der Waals surface area contributed by atoms with E-state index in [9.17, 15) is 18.0 Å². The van der Waals surface area contributed by atoms with Gasteiger partial charge in [0.2, 0.25) is 5.82 Å². The number of hydrogen-bond donors (Lipinski definition) is 0. The quantitative estimate of drug-likeness (QED) is 0.489. The molecule has 2 aromatic rings. The average molecular weight is 461 g/mol. The van der Waals surface area contributed by atoms with E-state index in [0.717, 1.165) is 11.9 Å². The molecule has 0 amide bonds. The Bertz CT molecular complexity index is 1000. The SMILES string of the molecule is C#CCCC(=O)C(C)c1ccc(O[C@@H]2CCN(c3ncnc(OCC(C)(F)F)c3F)C2)cc1. The molecule has 2 heterocycles. The molecule has 1 aliphatic heterocycles. The molecule has 0 bridgehead atoms. The van der Waals surface area contributed by atoms with Crippen molar-refractivity contribution in [2.45, 2.75) is 51.1 Å². The lowest BCUT2D eigenvalue weighted by Crippen LogP contribution is -2.27. The number of alkyl halides is 2. The summed E-state index contributed by atoms with van der Waals surface area (Å²) in [7, 11) is 0. The second-order valence-corrected chi connectivity index (χ2v) is 8.11. The molecule has 1 unspecified atom stereocenters. The Labute approximate surface area is 191 Å². The summed E-state index contributed by atoms with van der Waals surface area (Å²) in [4.78, 5) is 21.4. The number of carbonyl (C=O) groups excluding carboxylic acids is 1. The maximum Gasteiger partial charge on any atom is 0.278 e. The molecule has 3 rings (SSSR count). The van der Waals surface area contributed by atoms with Gasteiger partial charge in [-0.2, -0.15) is 9.37 Å². The molecule has 0 spiro atoms. The van der Waals surface area contributed by atoms with Crippen molar-refractivity contribution in [1.29, 1.82) is 0 Å². The summed E-state index contributed by atoms with van der Waals surface area (Å²) in [5, 5.41) is 0. The van der Waals surface area contributed by atoms with Crippen molar-refractivity contribution in [3.63, 3.8) is 0 Å². The number of benzene rings is 1. The standard InChI is InChI=1S/C24H26F3N3O3/c1-4-5-6-20(31)16(2)17-7-9-18(10-8-17)33-19-11-12-30(13-19)22-21(25)23(29-15-28-22)32-14-24(3,26)27/h1,7-10,15-16,19H,5-6,11-14H2,2-3H3/t16?,19-/m1/s1. The van der Waals surface area contributed by atoms with Crippen molar-refractivity contribution in [2.75, 3.05) is 24.6 Å². The fraction of sp³-hybridized carbons (Fsp3) is 0.458. The van der Waals surface area contributed by atoms with Gasteiger partial charge in [0.1, 0.15) is 24.0 Å². The summed E-state index contributed by atoms with van der Waals surface area (Å²) in [5.74, 6) is -1.56. The summed E-state index contributed by atoms with van der Waals surface area (Å²) in [6.45, 7) is 2.39. The first-order valence-electron chi connectivity index (χ1n) is 10.7. The first kappa shape index (κ1) is 24.4. The third-order valence-corrected chi connectivity index (χ3v) is 5.33. The Balaban J connectivity index is 1.59. The summed E-state index contributed by atoms with van der Waals surface area (Å²) in [5.41, 5.74) is 0.880. The predicted octanol–water partition coefficient (Wildman–Crippen LogP) is 4.39. The Morgan fingerprint density at radius 2 is 2.06 bits per heavy atom. The third kappa shape index (κ3) is 6.60. The van der Waals surface area contributed by atoms with Crippen LogP contribution in [0.2, 0.25) is 0 Å². The van der Waals surface area contributed by atoms with Crippen LogP contribution in [0.3, 0.4) is 0 Å². The molecule has 176 valence electrons. The highest BCUT2D eigenvalue weighted by molar-refractivity contribution is 5.85. The number of ketones is 1. The number of ether oxygens (including phenoxy) is 2. The molecule has 0 radical (unpaired) electrons. The minimum atomic E-state index is -3.10. The van der Waals surface area contributed by atoms with E-state index in [1.807, 2.05) is 19.1 Å². The largest absolute Gasteiger partial charge is 0.489 e. The van der Waals surface area contributed by atoms with Gasteiger partial charge < -0.3 is 14.4 Å². The number of Topliss-reactive ketones (excluding diaryl/α,β-unsaturated/α-hetero) is 1. The molecule has 2 atom stereocenters. The number of terminal acetylenes is 1.